The number of benzene rings is 2. The fraction of sp³-hybridized carbons (Fsp3) is 0.0769. The first kappa shape index (κ1) is 12.9. The zero-order chi connectivity index (χ0) is 12.4. The molecule has 0 nitrogen and oxygen atoms in total. The van der Waals surface area contributed by atoms with Crippen molar-refractivity contribution in [2.75, 3.05) is 0 Å². The molecule has 0 amide bonds. The quantitative estimate of drug-likeness (QED) is 0.619. The number of hydrogen-bond acceptors (Lipinski definition) is 0. The molecule has 0 fully saturated rings. The molecule has 0 unspecified atom stereocenters. The Labute approximate surface area is 117 Å². The predicted molar refractivity (Wildman–Crippen MR) is 74.5 cm³/mol. The first-order valence-corrected chi connectivity index (χ1v) is 6.80. The summed E-state index contributed by atoms with van der Waals surface area (Å²) in [6, 6.07) is 10.0. The Bertz CT molecular complexity index is 555. The van der Waals surface area contributed by atoms with Gasteiger partial charge < -0.3 is 0 Å². The molecule has 2 aromatic rings. The Balaban J connectivity index is 2.67. The highest BCUT2D eigenvalue weighted by atomic mass is 79.9. The molecule has 0 saturated heterocycles. The van der Waals surface area contributed by atoms with Crippen LogP contribution < -0.4 is 0 Å². The molecule has 0 aliphatic rings. The molecule has 88 valence electrons. The van der Waals surface area contributed by atoms with Gasteiger partial charge in [-0.25, -0.2) is 4.39 Å². The van der Waals surface area contributed by atoms with Crippen LogP contribution in [0.2, 0.25) is 10.0 Å². The van der Waals surface area contributed by atoms with E-state index in [2.05, 4.69) is 15.9 Å². The lowest BCUT2D eigenvalue weighted by atomic mass is 10.00. The van der Waals surface area contributed by atoms with Crippen molar-refractivity contribution in [3.8, 4) is 11.1 Å². The van der Waals surface area contributed by atoms with Gasteiger partial charge in [0.2, 0.25) is 0 Å². The van der Waals surface area contributed by atoms with Crippen LogP contribution in [-0.4, -0.2) is 0 Å². The zero-order valence-corrected chi connectivity index (χ0v) is 11.8. The van der Waals surface area contributed by atoms with Crippen LogP contribution in [0.15, 0.2) is 36.4 Å². The molecule has 4 heteroatoms. The van der Waals surface area contributed by atoms with Gasteiger partial charge in [-0.2, -0.15) is 0 Å². The summed E-state index contributed by atoms with van der Waals surface area (Å²) in [7, 11) is 0. The van der Waals surface area contributed by atoms with Crippen molar-refractivity contribution in [2.45, 2.75) is 5.33 Å². The maximum atomic E-state index is 13.9. The van der Waals surface area contributed by atoms with Crippen LogP contribution in [0, 0.1) is 5.82 Å². The van der Waals surface area contributed by atoms with Crippen LogP contribution in [0.1, 0.15) is 5.56 Å². The summed E-state index contributed by atoms with van der Waals surface area (Å²) < 4.78 is 13.9. The molecule has 0 aliphatic heterocycles. The molecule has 2 rings (SSSR count). The third-order valence-electron chi connectivity index (χ3n) is 2.44. The van der Waals surface area contributed by atoms with Crippen LogP contribution in [0.25, 0.3) is 11.1 Å². The lowest BCUT2D eigenvalue weighted by Gasteiger charge is -2.10. The Hall–Kier alpha value is -0.570. The molecule has 0 aliphatic carbocycles. The van der Waals surface area contributed by atoms with E-state index in [9.17, 15) is 4.39 Å². The fourth-order valence-electron chi connectivity index (χ4n) is 1.67. The maximum absolute atomic E-state index is 13.9. The smallest absolute Gasteiger partial charge is 0.131 e. The van der Waals surface area contributed by atoms with E-state index in [4.69, 9.17) is 23.2 Å². The minimum absolute atomic E-state index is 0.286. The van der Waals surface area contributed by atoms with Gasteiger partial charge in [-0.05, 0) is 23.8 Å². The lowest BCUT2D eigenvalue weighted by molar-refractivity contribution is 0.630. The van der Waals surface area contributed by atoms with Crippen molar-refractivity contribution >= 4 is 39.1 Å². The maximum Gasteiger partial charge on any atom is 0.131 e. The van der Waals surface area contributed by atoms with Gasteiger partial charge in [0, 0.05) is 26.5 Å². The van der Waals surface area contributed by atoms with Crippen LogP contribution in [0.3, 0.4) is 0 Å². The highest BCUT2D eigenvalue weighted by Crippen LogP contribution is 2.35. The number of alkyl halides is 1. The van der Waals surface area contributed by atoms with E-state index in [0.29, 0.717) is 26.5 Å². The van der Waals surface area contributed by atoms with Crippen LogP contribution >= 0.6 is 39.1 Å². The van der Waals surface area contributed by atoms with Crippen molar-refractivity contribution in [3.05, 3.63) is 57.8 Å². The van der Waals surface area contributed by atoms with E-state index in [1.807, 2.05) is 6.07 Å². The summed E-state index contributed by atoms with van der Waals surface area (Å²) in [6.45, 7) is 0. The Morgan fingerprint density at radius 2 is 1.88 bits per heavy atom. The molecule has 2 aromatic carbocycles. The fourth-order valence-corrected chi connectivity index (χ4v) is 2.64. The van der Waals surface area contributed by atoms with Crippen molar-refractivity contribution in [1.82, 2.24) is 0 Å². The molecule has 0 heterocycles. The SMILES string of the molecule is Fc1cccc(CBr)c1-c1ccc(Cl)cc1Cl. The van der Waals surface area contributed by atoms with Gasteiger partial charge >= 0.3 is 0 Å². The summed E-state index contributed by atoms with van der Waals surface area (Å²) in [5.41, 5.74) is 2.03. The Kier molecular flexibility index (Phi) is 4.08. The summed E-state index contributed by atoms with van der Waals surface area (Å²) in [5.74, 6) is -0.286. The molecular weight excluding hydrogens is 326 g/mol. The van der Waals surface area contributed by atoms with Gasteiger partial charge in [-0.15, -0.1) is 0 Å². The Morgan fingerprint density at radius 1 is 1.12 bits per heavy atom. The van der Waals surface area contributed by atoms with Crippen molar-refractivity contribution in [1.29, 1.82) is 0 Å². The van der Waals surface area contributed by atoms with E-state index < -0.39 is 0 Å². The third kappa shape index (κ3) is 2.65. The zero-order valence-electron chi connectivity index (χ0n) is 8.68. The van der Waals surface area contributed by atoms with Crippen molar-refractivity contribution in [3.63, 3.8) is 0 Å². The molecule has 0 radical (unpaired) electrons. The molecule has 0 saturated carbocycles. The van der Waals surface area contributed by atoms with Gasteiger partial charge in [0.15, 0.2) is 0 Å². The van der Waals surface area contributed by atoms with E-state index in [-0.39, 0.29) is 5.82 Å². The summed E-state index contributed by atoms with van der Waals surface area (Å²) in [4.78, 5) is 0. The standard InChI is InChI=1S/C13H8BrCl2F/c14-7-8-2-1-3-12(17)13(8)10-5-4-9(15)6-11(10)16/h1-6H,7H2. The molecule has 0 bridgehead atoms. The van der Waals surface area contributed by atoms with Crippen LogP contribution in [0.4, 0.5) is 4.39 Å². The highest BCUT2D eigenvalue weighted by molar-refractivity contribution is 9.08. The van der Waals surface area contributed by atoms with Gasteiger partial charge in [0.25, 0.3) is 0 Å². The average molecular weight is 334 g/mol. The lowest BCUT2D eigenvalue weighted by Crippen LogP contribution is -1.91. The normalized spacial score (nSPS) is 10.6. The van der Waals surface area contributed by atoms with Crippen LogP contribution in [-0.2, 0) is 5.33 Å². The number of halogens is 4. The number of rotatable bonds is 2. The second kappa shape index (κ2) is 5.38. The first-order chi connectivity index (χ1) is 8.13. The summed E-state index contributed by atoms with van der Waals surface area (Å²) in [6.07, 6.45) is 0. The molecule has 0 atom stereocenters. The molecule has 17 heavy (non-hydrogen) atoms. The van der Waals surface area contributed by atoms with Gasteiger partial charge in [0.1, 0.15) is 5.82 Å². The second-order valence-electron chi connectivity index (χ2n) is 3.53. The largest absolute Gasteiger partial charge is 0.206 e. The molecule has 0 spiro atoms. The van der Waals surface area contributed by atoms with Crippen LogP contribution in [0.5, 0.6) is 0 Å². The minimum Gasteiger partial charge on any atom is -0.206 e. The third-order valence-corrected chi connectivity index (χ3v) is 3.60. The van der Waals surface area contributed by atoms with E-state index in [1.165, 1.54) is 6.07 Å². The summed E-state index contributed by atoms with van der Waals surface area (Å²) in [5, 5.41) is 1.55. The van der Waals surface area contributed by atoms with E-state index >= 15 is 0 Å². The average Bonchev–Trinajstić information content (AvgIpc) is 2.30. The monoisotopic (exact) mass is 332 g/mol. The molecular formula is C13H8BrCl2F. The number of hydrogen-bond donors (Lipinski definition) is 0. The van der Waals surface area contributed by atoms with Gasteiger partial charge in [-0.3, -0.25) is 0 Å². The second-order valence-corrected chi connectivity index (χ2v) is 4.94. The van der Waals surface area contributed by atoms with Gasteiger partial charge in [0.05, 0.1) is 0 Å². The summed E-state index contributed by atoms with van der Waals surface area (Å²) >= 11 is 15.3. The van der Waals surface area contributed by atoms with Crippen molar-refractivity contribution < 1.29 is 4.39 Å². The van der Waals surface area contributed by atoms with E-state index in [1.54, 1.807) is 24.3 Å². The molecule has 0 N–H and O–H groups in total. The first-order valence-electron chi connectivity index (χ1n) is 4.92. The predicted octanol–water partition coefficient (Wildman–Crippen LogP) is 5.69. The molecule has 0 aromatic heterocycles. The van der Waals surface area contributed by atoms with Crippen molar-refractivity contribution in [2.24, 2.45) is 0 Å². The Morgan fingerprint density at radius 3 is 2.53 bits per heavy atom. The topological polar surface area (TPSA) is 0 Å². The van der Waals surface area contributed by atoms with Gasteiger partial charge in [-0.1, -0.05) is 57.3 Å². The van der Waals surface area contributed by atoms with E-state index in [0.717, 1.165) is 5.56 Å². The minimum atomic E-state index is -0.286. The highest BCUT2D eigenvalue weighted by Gasteiger charge is 2.13.